The van der Waals surface area contributed by atoms with Gasteiger partial charge in [0.2, 0.25) is 11.7 Å². The van der Waals surface area contributed by atoms with Crippen molar-refractivity contribution < 1.29 is 14.1 Å². The van der Waals surface area contributed by atoms with Crippen LogP contribution < -0.4 is 4.74 Å². The second-order valence-electron chi connectivity index (χ2n) is 6.67. The number of likely N-dealkylation sites (tertiary alicyclic amines) is 1. The minimum Gasteiger partial charge on any atom is -0.484 e. The number of para-hydroxylation sites is 1. The maximum Gasteiger partial charge on any atom is 0.261 e. The molecular formula is C21H20ClN3O3. The normalized spacial score (nSPS) is 16.8. The summed E-state index contributed by atoms with van der Waals surface area (Å²) in [5, 5.41) is 4.68. The summed E-state index contributed by atoms with van der Waals surface area (Å²) in [6.45, 7) is 0.631. The minimum absolute atomic E-state index is 0.0181. The van der Waals surface area contributed by atoms with Crippen LogP contribution in [0.5, 0.6) is 5.75 Å². The van der Waals surface area contributed by atoms with Crippen molar-refractivity contribution in [3.63, 3.8) is 0 Å². The van der Waals surface area contributed by atoms with Crippen LogP contribution in [0.25, 0.3) is 11.4 Å². The Kier molecular flexibility index (Phi) is 5.58. The van der Waals surface area contributed by atoms with Gasteiger partial charge < -0.3 is 14.2 Å². The van der Waals surface area contributed by atoms with E-state index in [1.165, 1.54) is 0 Å². The summed E-state index contributed by atoms with van der Waals surface area (Å²) in [7, 11) is 0. The maximum absolute atomic E-state index is 12.8. The molecule has 0 radical (unpaired) electrons. The molecule has 1 aliphatic rings. The molecule has 0 bridgehead atoms. The molecule has 1 aromatic heterocycles. The Balaban J connectivity index is 1.48. The van der Waals surface area contributed by atoms with Crippen LogP contribution in [0.15, 0.2) is 59.1 Å². The summed E-state index contributed by atoms with van der Waals surface area (Å²) >= 11 is 6.05. The number of ether oxygens (including phenoxy) is 1. The first kappa shape index (κ1) is 18.5. The van der Waals surface area contributed by atoms with E-state index in [0.29, 0.717) is 29.0 Å². The standard InChI is InChI=1S/C21H20ClN3O3/c22-16-8-6-7-15(13-16)20-23-21(28-24-20)18-11-4-5-12-25(18)19(26)14-27-17-9-2-1-3-10-17/h1-3,6-10,13,18H,4-5,11-12,14H2. The molecule has 2 heterocycles. The van der Waals surface area contributed by atoms with Crippen molar-refractivity contribution in [2.75, 3.05) is 13.2 Å². The summed E-state index contributed by atoms with van der Waals surface area (Å²) in [5.74, 6) is 1.50. The van der Waals surface area contributed by atoms with Crippen molar-refractivity contribution in [2.45, 2.75) is 25.3 Å². The molecule has 7 heteroatoms. The lowest BCUT2D eigenvalue weighted by atomic mass is 10.0. The Morgan fingerprint density at radius 3 is 2.86 bits per heavy atom. The predicted octanol–water partition coefficient (Wildman–Crippen LogP) is 4.52. The third kappa shape index (κ3) is 4.17. The van der Waals surface area contributed by atoms with Crippen LogP contribution in [0.1, 0.15) is 31.2 Å². The second kappa shape index (κ2) is 8.44. The van der Waals surface area contributed by atoms with Gasteiger partial charge >= 0.3 is 0 Å². The maximum atomic E-state index is 12.8. The summed E-state index contributed by atoms with van der Waals surface area (Å²) in [6.07, 6.45) is 2.74. The van der Waals surface area contributed by atoms with Crippen molar-refractivity contribution in [1.29, 1.82) is 0 Å². The molecule has 1 unspecified atom stereocenters. The number of piperidine rings is 1. The van der Waals surface area contributed by atoms with Crippen LogP contribution in [-0.4, -0.2) is 34.1 Å². The number of hydrogen-bond donors (Lipinski definition) is 0. The van der Waals surface area contributed by atoms with E-state index in [1.54, 1.807) is 17.0 Å². The molecule has 1 amide bonds. The zero-order valence-electron chi connectivity index (χ0n) is 15.3. The van der Waals surface area contributed by atoms with Crippen molar-refractivity contribution in [2.24, 2.45) is 0 Å². The summed E-state index contributed by atoms with van der Waals surface area (Å²) in [6, 6.07) is 16.4. The first-order valence-corrected chi connectivity index (χ1v) is 9.65. The highest BCUT2D eigenvalue weighted by molar-refractivity contribution is 6.30. The average molecular weight is 398 g/mol. The highest BCUT2D eigenvalue weighted by atomic mass is 35.5. The number of rotatable bonds is 5. The van der Waals surface area contributed by atoms with Crippen molar-refractivity contribution in [3.05, 3.63) is 65.5 Å². The highest BCUT2D eigenvalue weighted by Crippen LogP contribution is 2.31. The van der Waals surface area contributed by atoms with Crippen molar-refractivity contribution >= 4 is 17.5 Å². The number of benzene rings is 2. The third-order valence-corrected chi connectivity index (χ3v) is 4.97. The van der Waals surface area contributed by atoms with Crippen molar-refractivity contribution in [3.8, 4) is 17.1 Å². The van der Waals surface area contributed by atoms with Crippen LogP contribution in [0.3, 0.4) is 0 Å². The molecule has 1 atom stereocenters. The lowest BCUT2D eigenvalue weighted by Gasteiger charge is -2.33. The summed E-state index contributed by atoms with van der Waals surface area (Å²) in [5.41, 5.74) is 0.781. The van der Waals surface area contributed by atoms with Gasteiger partial charge in [0.15, 0.2) is 6.61 Å². The van der Waals surface area contributed by atoms with E-state index >= 15 is 0 Å². The Labute approximate surface area is 168 Å². The Morgan fingerprint density at radius 2 is 2.04 bits per heavy atom. The molecule has 28 heavy (non-hydrogen) atoms. The third-order valence-electron chi connectivity index (χ3n) is 4.74. The molecule has 0 saturated carbocycles. The first-order valence-electron chi connectivity index (χ1n) is 9.27. The van der Waals surface area contributed by atoms with E-state index in [0.717, 1.165) is 24.8 Å². The number of carbonyl (C=O) groups is 1. The smallest absolute Gasteiger partial charge is 0.261 e. The summed E-state index contributed by atoms with van der Waals surface area (Å²) < 4.78 is 11.1. The van der Waals surface area contributed by atoms with Crippen LogP contribution in [0.4, 0.5) is 0 Å². The second-order valence-corrected chi connectivity index (χ2v) is 7.10. The van der Waals surface area contributed by atoms with Crippen LogP contribution in [-0.2, 0) is 4.79 Å². The fraction of sp³-hybridized carbons (Fsp3) is 0.286. The molecule has 0 spiro atoms. The van der Waals surface area contributed by atoms with Gasteiger partial charge in [-0.2, -0.15) is 4.98 Å². The molecule has 4 rings (SSSR count). The topological polar surface area (TPSA) is 68.5 Å². The zero-order chi connectivity index (χ0) is 19.3. The molecule has 0 aliphatic carbocycles. The van der Waals surface area contributed by atoms with E-state index in [1.807, 2.05) is 42.5 Å². The first-order chi connectivity index (χ1) is 13.7. The average Bonchev–Trinajstić information content (AvgIpc) is 3.23. The largest absolute Gasteiger partial charge is 0.484 e. The van der Waals surface area contributed by atoms with Crippen LogP contribution >= 0.6 is 11.6 Å². The van der Waals surface area contributed by atoms with E-state index < -0.39 is 0 Å². The number of amides is 1. The molecular weight excluding hydrogens is 378 g/mol. The molecule has 2 aromatic carbocycles. The van der Waals surface area contributed by atoms with Gasteiger partial charge in [-0.1, -0.05) is 47.1 Å². The highest BCUT2D eigenvalue weighted by Gasteiger charge is 2.32. The Hall–Kier alpha value is -2.86. The molecule has 144 valence electrons. The SMILES string of the molecule is O=C(COc1ccccc1)N1CCCCC1c1nc(-c2cccc(Cl)c2)no1. The summed E-state index contributed by atoms with van der Waals surface area (Å²) in [4.78, 5) is 19.1. The molecule has 0 N–H and O–H groups in total. The van der Waals surface area contributed by atoms with Gasteiger partial charge in [0.1, 0.15) is 11.8 Å². The van der Waals surface area contributed by atoms with E-state index in [2.05, 4.69) is 10.1 Å². The quantitative estimate of drug-likeness (QED) is 0.633. The van der Waals surface area contributed by atoms with E-state index in [9.17, 15) is 4.79 Å². The van der Waals surface area contributed by atoms with Gasteiger partial charge in [-0.3, -0.25) is 4.79 Å². The Bertz CT molecular complexity index is 945. The van der Waals surface area contributed by atoms with Gasteiger partial charge in [-0.25, -0.2) is 0 Å². The number of halogens is 1. The van der Waals surface area contributed by atoms with E-state index in [-0.39, 0.29) is 18.6 Å². The van der Waals surface area contributed by atoms with Crippen LogP contribution in [0.2, 0.25) is 5.02 Å². The molecule has 3 aromatic rings. The molecule has 1 saturated heterocycles. The number of aromatic nitrogens is 2. The van der Waals surface area contributed by atoms with Crippen LogP contribution in [0, 0.1) is 0 Å². The number of carbonyl (C=O) groups excluding carboxylic acids is 1. The van der Waals surface area contributed by atoms with E-state index in [4.69, 9.17) is 20.9 Å². The molecule has 6 nitrogen and oxygen atoms in total. The Morgan fingerprint density at radius 1 is 1.18 bits per heavy atom. The van der Waals surface area contributed by atoms with Gasteiger partial charge in [0.05, 0.1) is 0 Å². The van der Waals surface area contributed by atoms with Crippen molar-refractivity contribution in [1.82, 2.24) is 15.0 Å². The predicted molar refractivity (Wildman–Crippen MR) is 105 cm³/mol. The minimum atomic E-state index is -0.235. The van der Waals surface area contributed by atoms with Gasteiger partial charge in [0.25, 0.3) is 5.91 Å². The van der Waals surface area contributed by atoms with Gasteiger partial charge in [0, 0.05) is 17.1 Å². The lowest BCUT2D eigenvalue weighted by Crippen LogP contribution is -2.41. The monoisotopic (exact) mass is 397 g/mol. The van der Waals surface area contributed by atoms with Gasteiger partial charge in [-0.15, -0.1) is 0 Å². The fourth-order valence-corrected chi connectivity index (χ4v) is 3.54. The fourth-order valence-electron chi connectivity index (χ4n) is 3.35. The molecule has 1 aliphatic heterocycles. The molecule has 1 fully saturated rings. The number of hydrogen-bond acceptors (Lipinski definition) is 5. The lowest BCUT2D eigenvalue weighted by molar-refractivity contribution is -0.138. The zero-order valence-corrected chi connectivity index (χ0v) is 16.0. The van der Waals surface area contributed by atoms with Gasteiger partial charge in [-0.05, 0) is 43.5 Å². The number of nitrogens with zero attached hydrogens (tertiary/aromatic N) is 3.